The standard InChI is InChI=1S/C16H21NO3/c18-11-16(7-8-16)10-17-15(19)13-3-1-2-4-14(13)20-9-12-5-6-12/h1-4,12,18H,5-11H2,(H,17,19). The summed E-state index contributed by atoms with van der Waals surface area (Å²) in [5, 5.41) is 12.2. The van der Waals surface area contributed by atoms with Crippen LogP contribution in [0.3, 0.4) is 0 Å². The normalized spacial score (nSPS) is 19.4. The molecule has 0 aliphatic heterocycles. The maximum Gasteiger partial charge on any atom is 0.255 e. The highest BCUT2D eigenvalue weighted by Gasteiger charge is 2.42. The number of para-hydroxylation sites is 1. The summed E-state index contributed by atoms with van der Waals surface area (Å²) in [5.41, 5.74) is 0.515. The number of amides is 1. The fourth-order valence-electron chi connectivity index (χ4n) is 2.20. The van der Waals surface area contributed by atoms with Gasteiger partial charge in [-0.3, -0.25) is 4.79 Å². The molecule has 2 aliphatic rings. The van der Waals surface area contributed by atoms with Gasteiger partial charge in [-0.1, -0.05) is 12.1 Å². The van der Waals surface area contributed by atoms with Crippen LogP contribution in [0.1, 0.15) is 36.0 Å². The van der Waals surface area contributed by atoms with Gasteiger partial charge in [-0.05, 0) is 43.7 Å². The number of rotatable bonds is 7. The van der Waals surface area contributed by atoms with Gasteiger partial charge in [-0.25, -0.2) is 0 Å². The second-order valence-corrected chi connectivity index (χ2v) is 6.09. The summed E-state index contributed by atoms with van der Waals surface area (Å²) < 4.78 is 5.75. The quantitative estimate of drug-likeness (QED) is 0.800. The molecule has 2 aliphatic carbocycles. The molecule has 2 N–H and O–H groups in total. The molecule has 4 heteroatoms. The maximum absolute atomic E-state index is 12.2. The lowest BCUT2D eigenvalue weighted by Gasteiger charge is -2.15. The predicted molar refractivity (Wildman–Crippen MR) is 75.7 cm³/mol. The molecule has 4 nitrogen and oxygen atoms in total. The van der Waals surface area contributed by atoms with Crippen molar-refractivity contribution in [3.63, 3.8) is 0 Å². The lowest BCUT2D eigenvalue weighted by molar-refractivity contribution is 0.0931. The molecule has 0 spiro atoms. The number of benzene rings is 1. The Morgan fingerprint density at radius 2 is 2.10 bits per heavy atom. The Kier molecular flexibility index (Phi) is 3.66. The van der Waals surface area contributed by atoms with Gasteiger partial charge in [0, 0.05) is 12.0 Å². The summed E-state index contributed by atoms with van der Waals surface area (Å²) >= 11 is 0. The van der Waals surface area contributed by atoms with Gasteiger partial charge in [0.1, 0.15) is 5.75 Å². The third kappa shape index (κ3) is 3.12. The number of hydrogen-bond donors (Lipinski definition) is 2. The van der Waals surface area contributed by atoms with Gasteiger partial charge in [0.05, 0.1) is 18.8 Å². The van der Waals surface area contributed by atoms with Crippen LogP contribution in [0.25, 0.3) is 0 Å². The van der Waals surface area contributed by atoms with Crippen molar-refractivity contribution in [3.8, 4) is 5.75 Å². The number of carbonyl (C=O) groups is 1. The summed E-state index contributed by atoms with van der Waals surface area (Å²) in [4.78, 5) is 12.2. The van der Waals surface area contributed by atoms with Crippen LogP contribution in [0.5, 0.6) is 5.75 Å². The molecule has 108 valence electrons. The molecule has 0 bridgehead atoms. The average molecular weight is 275 g/mol. The lowest BCUT2D eigenvalue weighted by atomic mass is 10.1. The van der Waals surface area contributed by atoms with Gasteiger partial charge < -0.3 is 15.2 Å². The van der Waals surface area contributed by atoms with E-state index in [1.807, 2.05) is 18.2 Å². The lowest BCUT2D eigenvalue weighted by Crippen LogP contribution is -2.32. The Hall–Kier alpha value is -1.55. The molecule has 2 saturated carbocycles. The van der Waals surface area contributed by atoms with E-state index in [0.717, 1.165) is 12.8 Å². The SMILES string of the molecule is O=C(NCC1(CO)CC1)c1ccccc1OCC1CC1. The largest absolute Gasteiger partial charge is 0.492 e. The first-order chi connectivity index (χ1) is 9.72. The van der Waals surface area contributed by atoms with Crippen molar-refractivity contribution >= 4 is 5.91 Å². The smallest absolute Gasteiger partial charge is 0.255 e. The van der Waals surface area contributed by atoms with E-state index < -0.39 is 0 Å². The second kappa shape index (κ2) is 5.44. The van der Waals surface area contributed by atoms with E-state index in [1.165, 1.54) is 12.8 Å². The monoisotopic (exact) mass is 275 g/mol. The third-order valence-electron chi connectivity index (χ3n) is 4.22. The van der Waals surface area contributed by atoms with Crippen molar-refractivity contribution in [2.24, 2.45) is 11.3 Å². The molecule has 0 atom stereocenters. The number of carbonyl (C=O) groups excluding carboxylic acids is 1. The van der Waals surface area contributed by atoms with E-state index in [-0.39, 0.29) is 17.9 Å². The summed E-state index contributed by atoms with van der Waals surface area (Å²) in [6.45, 7) is 1.39. The molecular weight excluding hydrogens is 254 g/mol. The van der Waals surface area contributed by atoms with E-state index >= 15 is 0 Å². The fourth-order valence-corrected chi connectivity index (χ4v) is 2.20. The van der Waals surface area contributed by atoms with Crippen LogP contribution in [0.4, 0.5) is 0 Å². The molecule has 1 amide bonds. The van der Waals surface area contributed by atoms with Crippen molar-refractivity contribution in [1.82, 2.24) is 5.32 Å². The zero-order chi connectivity index (χ0) is 14.0. The molecule has 1 aromatic carbocycles. The minimum Gasteiger partial charge on any atom is -0.492 e. The molecule has 0 saturated heterocycles. The Morgan fingerprint density at radius 3 is 2.75 bits per heavy atom. The molecule has 0 heterocycles. The van der Waals surface area contributed by atoms with Crippen LogP contribution in [0.15, 0.2) is 24.3 Å². The molecular formula is C16H21NO3. The molecule has 0 radical (unpaired) electrons. The van der Waals surface area contributed by atoms with Crippen LogP contribution >= 0.6 is 0 Å². The van der Waals surface area contributed by atoms with Crippen LogP contribution in [-0.4, -0.2) is 30.8 Å². The number of hydrogen-bond acceptors (Lipinski definition) is 3. The summed E-state index contributed by atoms with van der Waals surface area (Å²) in [5.74, 6) is 1.21. The maximum atomic E-state index is 12.2. The Bertz CT molecular complexity index is 492. The zero-order valence-corrected chi connectivity index (χ0v) is 11.6. The summed E-state index contributed by atoms with van der Waals surface area (Å²) in [6.07, 6.45) is 4.44. The van der Waals surface area contributed by atoms with Crippen molar-refractivity contribution < 1.29 is 14.6 Å². The first-order valence-corrected chi connectivity index (χ1v) is 7.33. The predicted octanol–water partition coefficient (Wildman–Crippen LogP) is 1.98. The number of aliphatic hydroxyl groups is 1. The van der Waals surface area contributed by atoms with Crippen LogP contribution < -0.4 is 10.1 Å². The Morgan fingerprint density at radius 1 is 1.35 bits per heavy atom. The first-order valence-electron chi connectivity index (χ1n) is 7.33. The van der Waals surface area contributed by atoms with E-state index in [4.69, 9.17) is 4.74 Å². The van der Waals surface area contributed by atoms with Crippen molar-refractivity contribution in [2.75, 3.05) is 19.8 Å². The van der Waals surface area contributed by atoms with Crippen LogP contribution in [0.2, 0.25) is 0 Å². The first kappa shape index (κ1) is 13.4. The van der Waals surface area contributed by atoms with Crippen LogP contribution in [-0.2, 0) is 0 Å². The Balaban J connectivity index is 1.60. The highest BCUT2D eigenvalue weighted by molar-refractivity contribution is 5.96. The van der Waals surface area contributed by atoms with E-state index in [9.17, 15) is 9.90 Å². The minimum atomic E-state index is -0.115. The summed E-state index contributed by atoms with van der Waals surface area (Å²) in [7, 11) is 0. The Labute approximate surface area is 119 Å². The summed E-state index contributed by atoms with van der Waals surface area (Å²) in [6, 6.07) is 7.36. The molecule has 0 aromatic heterocycles. The molecule has 3 rings (SSSR count). The second-order valence-electron chi connectivity index (χ2n) is 6.09. The number of nitrogens with one attached hydrogen (secondary N) is 1. The third-order valence-corrected chi connectivity index (χ3v) is 4.22. The number of ether oxygens (including phenoxy) is 1. The van der Waals surface area contributed by atoms with Crippen molar-refractivity contribution in [1.29, 1.82) is 0 Å². The topological polar surface area (TPSA) is 58.6 Å². The molecule has 1 aromatic rings. The van der Waals surface area contributed by atoms with Gasteiger partial charge in [0.15, 0.2) is 0 Å². The van der Waals surface area contributed by atoms with Crippen molar-refractivity contribution in [3.05, 3.63) is 29.8 Å². The van der Waals surface area contributed by atoms with Crippen molar-refractivity contribution in [2.45, 2.75) is 25.7 Å². The van der Waals surface area contributed by atoms with Gasteiger partial charge in [0.2, 0.25) is 0 Å². The fraction of sp³-hybridized carbons (Fsp3) is 0.562. The van der Waals surface area contributed by atoms with Gasteiger partial charge in [-0.15, -0.1) is 0 Å². The number of aliphatic hydroxyl groups excluding tert-OH is 1. The molecule has 2 fully saturated rings. The van der Waals surface area contributed by atoms with Gasteiger partial charge in [0.25, 0.3) is 5.91 Å². The van der Waals surface area contributed by atoms with Crippen LogP contribution in [0, 0.1) is 11.3 Å². The van der Waals surface area contributed by atoms with E-state index in [2.05, 4.69) is 5.32 Å². The minimum absolute atomic E-state index is 0.0700. The highest BCUT2D eigenvalue weighted by Crippen LogP contribution is 2.44. The average Bonchev–Trinajstić information content (AvgIpc) is 3.38. The van der Waals surface area contributed by atoms with Gasteiger partial charge in [-0.2, -0.15) is 0 Å². The molecule has 0 unspecified atom stereocenters. The zero-order valence-electron chi connectivity index (χ0n) is 11.6. The van der Waals surface area contributed by atoms with Gasteiger partial charge >= 0.3 is 0 Å². The highest BCUT2D eigenvalue weighted by atomic mass is 16.5. The van der Waals surface area contributed by atoms with E-state index in [0.29, 0.717) is 30.4 Å². The molecule has 20 heavy (non-hydrogen) atoms. The van der Waals surface area contributed by atoms with E-state index in [1.54, 1.807) is 6.07 Å².